The molecule has 4 nitrogen and oxygen atoms in total. The molecule has 0 aromatic heterocycles. The van der Waals surface area contributed by atoms with E-state index in [1.165, 1.54) is 6.26 Å². The van der Waals surface area contributed by atoms with Crippen molar-refractivity contribution < 1.29 is 13.5 Å². The summed E-state index contributed by atoms with van der Waals surface area (Å²) in [6.07, 6.45) is 1.22. The molecule has 1 unspecified atom stereocenters. The number of benzene rings is 1. The van der Waals surface area contributed by atoms with Gasteiger partial charge in [-0.1, -0.05) is 30.3 Å². The quantitative estimate of drug-likeness (QED) is 0.834. The summed E-state index contributed by atoms with van der Waals surface area (Å²) >= 11 is 0. The Morgan fingerprint density at radius 1 is 1.28 bits per heavy atom. The van der Waals surface area contributed by atoms with Crippen molar-refractivity contribution in [3.63, 3.8) is 0 Å². The summed E-state index contributed by atoms with van der Waals surface area (Å²) in [5.41, 5.74) is -0.149. The lowest BCUT2D eigenvalue weighted by molar-refractivity contribution is 0.0250. The van der Waals surface area contributed by atoms with E-state index in [-0.39, 0.29) is 5.75 Å². The van der Waals surface area contributed by atoms with Crippen LogP contribution in [-0.2, 0) is 15.4 Å². The van der Waals surface area contributed by atoms with E-state index in [0.29, 0.717) is 13.1 Å². The second-order valence-electron chi connectivity index (χ2n) is 5.01. The van der Waals surface area contributed by atoms with Crippen molar-refractivity contribution in [2.75, 3.05) is 32.1 Å². The average Bonchev–Trinajstić information content (AvgIpc) is 2.26. The predicted octanol–water partition coefficient (Wildman–Crippen LogP) is 0.871. The number of rotatable bonds is 6. The van der Waals surface area contributed by atoms with Crippen molar-refractivity contribution in [1.29, 1.82) is 0 Å². The Morgan fingerprint density at radius 3 is 2.33 bits per heavy atom. The molecule has 0 spiro atoms. The Morgan fingerprint density at radius 2 is 1.83 bits per heavy atom. The Balaban J connectivity index is 2.61. The van der Waals surface area contributed by atoms with Gasteiger partial charge in [0.25, 0.3) is 0 Å². The van der Waals surface area contributed by atoms with Crippen LogP contribution in [0.3, 0.4) is 0 Å². The number of hydrogen-bond acceptors (Lipinski definition) is 4. The molecule has 1 N–H and O–H groups in total. The summed E-state index contributed by atoms with van der Waals surface area (Å²) in [6, 6.07) is 9.38. The van der Waals surface area contributed by atoms with Gasteiger partial charge in [-0.3, -0.25) is 0 Å². The summed E-state index contributed by atoms with van der Waals surface area (Å²) in [5, 5.41) is 10.4. The molecular formula is C13H21NO3S. The molecule has 1 atom stereocenters. The molecule has 5 heteroatoms. The highest BCUT2D eigenvalue weighted by molar-refractivity contribution is 7.90. The average molecular weight is 271 g/mol. The monoisotopic (exact) mass is 271 g/mol. The van der Waals surface area contributed by atoms with Gasteiger partial charge in [0.05, 0.1) is 11.4 Å². The highest BCUT2D eigenvalue weighted by Gasteiger charge is 2.24. The molecule has 0 aliphatic heterocycles. The fourth-order valence-electron chi connectivity index (χ4n) is 1.81. The molecule has 0 saturated carbocycles. The third-order valence-electron chi connectivity index (χ3n) is 2.82. The van der Waals surface area contributed by atoms with Crippen molar-refractivity contribution in [3.8, 4) is 0 Å². The largest absolute Gasteiger partial charge is 0.384 e. The zero-order valence-corrected chi connectivity index (χ0v) is 11.9. The lowest BCUT2D eigenvalue weighted by atomic mass is 9.96. The van der Waals surface area contributed by atoms with E-state index < -0.39 is 15.4 Å². The lowest BCUT2D eigenvalue weighted by Gasteiger charge is -2.29. The molecule has 102 valence electrons. The fraction of sp³-hybridized carbons (Fsp3) is 0.538. The van der Waals surface area contributed by atoms with Crippen LogP contribution >= 0.6 is 0 Å². The predicted molar refractivity (Wildman–Crippen MR) is 73.2 cm³/mol. The maximum atomic E-state index is 11.1. The van der Waals surface area contributed by atoms with Crippen LogP contribution in [0.4, 0.5) is 0 Å². The molecular weight excluding hydrogens is 250 g/mol. The zero-order chi connectivity index (χ0) is 13.8. The zero-order valence-electron chi connectivity index (χ0n) is 11.1. The highest BCUT2D eigenvalue weighted by atomic mass is 32.2. The fourth-order valence-corrected chi connectivity index (χ4v) is 2.46. The Hall–Kier alpha value is -0.910. The molecule has 0 aliphatic carbocycles. The Kier molecular flexibility index (Phi) is 4.90. The molecule has 0 bridgehead atoms. The Labute approximate surface area is 109 Å². The van der Waals surface area contributed by atoms with E-state index in [2.05, 4.69) is 0 Å². The number of likely N-dealkylation sites (N-methyl/N-ethyl adjacent to an activating group) is 1. The Bertz CT molecular complexity index is 468. The normalized spacial score (nSPS) is 15.6. The van der Waals surface area contributed by atoms with Gasteiger partial charge in [-0.15, -0.1) is 0 Å². The number of nitrogens with zero attached hydrogens (tertiary/aromatic N) is 1. The maximum absolute atomic E-state index is 11.1. The first-order chi connectivity index (χ1) is 8.21. The standard InChI is InChI=1S/C13H21NO3S/c1-13(15,12-7-5-4-6-8-12)11-14(2)9-10-18(3,16)17/h4-8,15H,9-11H2,1-3H3. The minimum atomic E-state index is -2.96. The third-order valence-corrected chi connectivity index (χ3v) is 3.74. The van der Waals surface area contributed by atoms with Gasteiger partial charge in [-0.05, 0) is 19.5 Å². The van der Waals surface area contributed by atoms with Crippen molar-refractivity contribution in [2.24, 2.45) is 0 Å². The maximum Gasteiger partial charge on any atom is 0.148 e. The first-order valence-corrected chi connectivity index (χ1v) is 7.91. The van der Waals surface area contributed by atoms with Crippen LogP contribution in [0, 0.1) is 0 Å². The molecule has 0 aliphatic rings. The SMILES string of the molecule is CN(CCS(C)(=O)=O)CC(C)(O)c1ccccc1. The van der Waals surface area contributed by atoms with Gasteiger partial charge in [-0.2, -0.15) is 0 Å². The molecule has 0 radical (unpaired) electrons. The number of hydrogen-bond donors (Lipinski definition) is 1. The molecule has 1 aromatic rings. The van der Waals surface area contributed by atoms with E-state index >= 15 is 0 Å². The van der Waals surface area contributed by atoms with E-state index in [0.717, 1.165) is 5.56 Å². The van der Waals surface area contributed by atoms with Gasteiger partial charge < -0.3 is 10.0 Å². The van der Waals surface area contributed by atoms with Gasteiger partial charge in [0.15, 0.2) is 0 Å². The minimum absolute atomic E-state index is 0.106. The second kappa shape index (κ2) is 5.82. The van der Waals surface area contributed by atoms with Crippen LogP contribution < -0.4 is 0 Å². The van der Waals surface area contributed by atoms with E-state index in [9.17, 15) is 13.5 Å². The van der Waals surface area contributed by atoms with Crippen LogP contribution in [-0.4, -0.2) is 50.6 Å². The van der Waals surface area contributed by atoms with Crippen LogP contribution in [0.5, 0.6) is 0 Å². The van der Waals surface area contributed by atoms with Gasteiger partial charge >= 0.3 is 0 Å². The van der Waals surface area contributed by atoms with E-state index in [1.807, 2.05) is 42.3 Å². The number of sulfone groups is 1. The van der Waals surface area contributed by atoms with Crippen molar-refractivity contribution in [3.05, 3.63) is 35.9 Å². The molecule has 0 fully saturated rings. The second-order valence-corrected chi connectivity index (χ2v) is 7.27. The molecule has 1 rings (SSSR count). The van der Waals surface area contributed by atoms with Gasteiger partial charge in [0.1, 0.15) is 9.84 Å². The highest BCUT2D eigenvalue weighted by Crippen LogP contribution is 2.20. The van der Waals surface area contributed by atoms with Crippen LogP contribution in [0.2, 0.25) is 0 Å². The smallest absolute Gasteiger partial charge is 0.148 e. The van der Waals surface area contributed by atoms with Crippen LogP contribution in [0.15, 0.2) is 30.3 Å². The van der Waals surface area contributed by atoms with Gasteiger partial charge in [-0.25, -0.2) is 8.42 Å². The van der Waals surface area contributed by atoms with E-state index in [1.54, 1.807) is 6.92 Å². The van der Waals surface area contributed by atoms with Crippen molar-refractivity contribution in [1.82, 2.24) is 4.90 Å². The summed E-state index contributed by atoms with van der Waals surface area (Å²) in [5.74, 6) is 0.106. The van der Waals surface area contributed by atoms with E-state index in [4.69, 9.17) is 0 Å². The molecule has 18 heavy (non-hydrogen) atoms. The van der Waals surface area contributed by atoms with Gasteiger partial charge in [0, 0.05) is 19.3 Å². The van der Waals surface area contributed by atoms with Crippen molar-refractivity contribution in [2.45, 2.75) is 12.5 Å². The summed E-state index contributed by atoms with van der Waals surface area (Å²) < 4.78 is 22.2. The summed E-state index contributed by atoms with van der Waals surface area (Å²) in [4.78, 5) is 1.83. The first kappa shape index (κ1) is 15.1. The van der Waals surface area contributed by atoms with Gasteiger partial charge in [0.2, 0.25) is 0 Å². The molecule has 0 heterocycles. The van der Waals surface area contributed by atoms with Crippen LogP contribution in [0.25, 0.3) is 0 Å². The molecule has 1 aromatic carbocycles. The first-order valence-electron chi connectivity index (χ1n) is 5.85. The van der Waals surface area contributed by atoms with Crippen molar-refractivity contribution >= 4 is 9.84 Å². The third kappa shape index (κ3) is 5.16. The molecule has 0 amide bonds. The topological polar surface area (TPSA) is 57.6 Å². The minimum Gasteiger partial charge on any atom is -0.384 e. The molecule has 0 saturated heterocycles. The lowest BCUT2D eigenvalue weighted by Crippen LogP contribution is -2.38. The summed E-state index contributed by atoms with van der Waals surface area (Å²) in [6.45, 7) is 2.55. The number of aliphatic hydroxyl groups is 1. The van der Waals surface area contributed by atoms with Crippen LogP contribution in [0.1, 0.15) is 12.5 Å². The summed E-state index contributed by atoms with van der Waals surface area (Å²) in [7, 11) is -1.15.